The van der Waals surface area contributed by atoms with Crippen LogP contribution in [0.15, 0.2) is 284 Å². The maximum atomic E-state index is 10.7. The molecule has 0 aliphatic heterocycles. The van der Waals surface area contributed by atoms with E-state index in [-0.39, 0.29) is 0 Å². The molecule has 14 rings (SSSR count). The van der Waals surface area contributed by atoms with Gasteiger partial charge >= 0.3 is 7.12 Å². The minimum Gasteiger partial charge on any atom is -0.423 e. The first-order valence-electron chi connectivity index (χ1n) is 25.7. The Bertz CT molecular complexity index is 4480. The van der Waals surface area contributed by atoms with Gasteiger partial charge in [-0.3, -0.25) is 0 Å². The first-order valence-corrected chi connectivity index (χ1v) is 26.5. The molecule has 0 saturated carbocycles. The predicted molar refractivity (Wildman–Crippen MR) is 328 cm³/mol. The summed E-state index contributed by atoms with van der Waals surface area (Å²) in [5.41, 5.74) is 14.5. The molecule has 0 aliphatic rings. The van der Waals surface area contributed by atoms with Crippen molar-refractivity contribution in [2.24, 2.45) is 0 Å². The van der Waals surface area contributed by atoms with Crippen molar-refractivity contribution in [2.75, 3.05) is 0 Å². The number of fused-ring (bicyclic) bond motifs is 6. The maximum Gasteiger partial charge on any atom is 0.489 e. The molecule has 4 heteroatoms. The van der Waals surface area contributed by atoms with Gasteiger partial charge in [0.25, 0.3) is 0 Å². The zero-order valence-electron chi connectivity index (χ0n) is 41.4. The first-order chi connectivity index (χ1) is 37.4. The number of rotatable bonds is 7. The van der Waals surface area contributed by atoms with E-state index < -0.39 is 7.12 Å². The van der Waals surface area contributed by atoms with Gasteiger partial charge in [0.05, 0.1) is 0 Å². The lowest BCUT2D eigenvalue weighted by Crippen LogP contribution is -2.31. The molecule has 0 spiro atoms. The largest absolute Gasteiger partial charge is 0.489 e. The van der Waals surface area contributed by atoms with Crippen molar-refractivity contribution >= 4 is 93.1 Å². The van der Waals surface area contributed by atoms with E-state index in [4.69, 9.17) is 0 Å². The molecule has 0 radical (unpaired) electrons. The first kappa shape index (κ1) is 46.9. The van der Waals surface area contributed by atoms with Gasteiger partial charge in [0.1, 0.15) is 0 Å². The molecule has 76 heavy (non-hydrogen) atoms. The van der Waals surface area contributed by atoms with E-state index in [1.807, 2.05) is 42.5 Å². The molecule has 0 amide bonds. The molecule has 14 aromatic rings. The van der Waals surface area contributed by atoms with Crippen LogP contribution in [-0.2, 0) is 0 Å². The Labute approximate surface area is 450 Å². The third kappa shape index (κ3) is 8.73. The molecule has 0 heterocycles. The van der Waals surface area contributed by atoms with Crippen LogP contribution in [0, 0.1) is 0 Å². The van der Waals surface area contributed by atoms with E-state index in [1.165, 1.54) is 76.5 Å². The van der Waals surface area contributed by atoms with E-state index in [0.717, 1.165) is 59.4 Å². The van der Waals surface area contributed by atoms with Gasteiger partial charge in [-0.15, -0.1) is 0 Å². The SMILES string of the molecule is Brc1c2cc(-c3ccccc3)ccc2c(-c2ccc3ccccc3c2)c2cc(-c3ccccc3)ccc12.OB(O)c1c2cc(-c3ccccc3)ccc2c(-c2ccc3ccccc3c2)c2cc(-c3ccccc3)ccc12. The summed E-state index contributed by atoms with van der Waals surface area (Å²) in [6.45, 7) is 0. The highest BCUT2D eigenvalue weighted by Crippen LogP contribution is 2.45. The molecule has 0 aromatic heterocycles. The van der Waals surface area contributed by atoms with Crippen molar-refractivity contribution < 1.29 is 10.0 Å². The van der Waals surface area contributed by atoms with Gasteiger partial charge in [-0.2, -0.15) is 0 Å². The summed E-state index contributed by atoms with van der Waals surface area (Å²) < 4.78 is 1.14. The molecule has 0 unspecified atom stereocenters. The van der Waals surface area contributed by atoms with E-state index in [0.29, 0.717) is 5.46 Å². The van der Waals surface area contributed by atoms with Crippen molar-refractivity contribution in [3.8, 4) is 66.8 Å². The fourth-order valence-electron chi connectivity index (χ4n) is 11.3. The van der Waals surface area contributed by atoms with Crippen molar-refractivity contribution in [1.29, 1.82) is 0 Å². The molecule has 0 saturated heterocycles. The number of hydrogen-bond donors (Lipinski definition) is 2. The second-order valence-electron chi connectivity index (χ2n) is 19.5. The zero-order chi connectivity index (χ0) is 51.1. The maximum absolute atomic E-state index is 10.7. The van der Waals surface area contributed by atoms with Gasteiger partial charge in [0.2, 0.25) is 0 Å². The van der Waals surface area contributed by atoms with Crippen LogP contribution in [0.25, 0.3) is 131 Å². The smallest absolute Gasteiger partial charge is 0.423 e. The highest BCUT2D eigenvalue weighted by molar-refractivity contribution is 9.10. The van der Waals surface area contributed by atoms with E-state index in [9.17, 15) is 10.0 Å². The molecule has 0 aliphatic carbocycles. The lowest BCUT2D eigenvalue weighted by atomic mass is 9.71. The van der Waals surface area contributed by atoms with Gasteiger partial charge in [0, 0.05) is 4.47 Å². The van der Waals surface area contributed by atoms with Crippen molar-refractivity contribution in [3.05, 3.63) is 284 Å². The highest BCUT2D eigenvalue weighted by atomic mass is 79.9. The van der Waals surface area contributed by atoms with Crippen LogP contribution >= 0.6 is 15.9 Å². The third-order valence-corrected chi connectivity index (χ3v) is 15.8. The van der Waals surface area contributed by atoms with E-state index >= 15 is 0 Å². The Hall–Kier alpha value is -8.90. The fourth-order valence-corrected chi connectivity index (χ4v) is 11.9. The summed E-state index contributed by atoms with van der Waals surface area (Å²) in [5, 5.41) is 34.9. The molecular formula is C72H48BBrO2. The average Bonchev–Trinajstić information content (AvgIpc) is 3.50. The van der Waals surface area contributed by atoms with E-state index in [2.05, 4.69) is 253 Å². The van der Waals surface area contributed by atoms with Crippen molar-refractivity contribution in [1.82, 2.24) is 0 Å². The molecule has 2 N–H and O–H groups in total. The van der Waals surface area contributed by atoms with Crippen LogP contribution in [0.5, 0.6) is 0 Å². The number of benzene rings is 14. The molecule has 0 bridgehead atoms. The summed E-state index contributed by atoms with van der Waals surface area (Å²) in [6, 6.07) is 98.5. The Balaban J connectivity index is 0.000000146. The van der Waals surface area contributed by atoms with Crippen molar-refractivity contribution in [2.45, 2.75) is 0 Å². The van der Waals surface area contributed by atoms with Gasteiger partial charge in [-0.25, -0.2) is 0 Å². The molecule has 0 fully saturated rings. The van der Waals surface area contributed by atoms with Crippen LogP contribution in [0.4, 0.5) is 0 Å². The lowest BCUT2D eigenvalue weighted by molar-refractivity contribution is 0.426. The second-order valence-corrected chi connectivity index (χ2v) is 20.3. The van der Waals surface area contributed by atoms with Crippen molar-refractivity contribution in [3.63, 3.8) is 0 Å². The van der Waals surface area contributed by atoms with E-state index in [1.54, 1.807) is 0 Å². The highest BCUT2D eigenvalue weighted by Gasteiger charge is 2.24. The quantitative estimate of drug-likeness (QED) is 0.123. The molecule has 358 valence electrons. The molecule has 2 nitrogen and oxygen atoms in total. The monoisotopic (exact) mass is 1030 g/mol. The Morgan fingerprint density at radius 3 is 0.961 bits per heavy atom. The Morgan fingerprint density at radius 1 is 0.224 bits per heavy atom. The van der Waals surface area contributed by atoms with Crippen LogP contribution in [0.1, 0.15) is 0 Å². The lowest BCUT2D eigenvalue weighted by Gasteiger charge is -2.19. The van der Waals surface area contributed by atoms with Gasteiger partial charge in [-0.1, -0.05) is 243 Å². The van der Waals surface area contributed by atoms with Crippen LogP contribution in [-0.4, -0.2) is 17.2 Å². The summed E-state index contributed by atoms with van der Waals surface area (Å²) in [7, 11) is -1.62. The summed E-state index contributed by atoms with van der Waals surface area (Å²) >= 11 is 4.02. The standard InChI is InChI=1S/C36H25BO2.C36H23Br/c38-37(39)36-32-20-18-28(24-9-3-1-4-10-24)22-33(32)35(30-16-15-26-13-7-8-14-27(26)21-30)31-19-17-29(23-34(31)36)25-11-5-2-6-12-25;37-36-32-20-18-28(24-9-3-1-4-10-24)22-33(32)35(30-16-15-26-13-7-8-14-27(26)21-30)31-19-17-29(23-34(31)36)25-11-5-2-6-12-25/h1-23,38-39H;1-23H. The predicted octanol–water partition coefficient (Wildman–Crippen LogP) is 18.7. The van der Waals surface area contributed by atoms with Gasteiger partial charge in [-0.05, 0) is 189 Å². The Morgan fingerprint density at radius 2 is 0.539 bits per heavy atom. The minimum atomic E-state index is -1.62. The molecular weight excluding hydrogens is 988 g/mol. The number of halogens is 1. The molecule has 0 atom stereocenters. The second kappa shape index (κ2) is 20.1. The van der Waals surface area contributed by atoms with Gasteiger partial charge in [0.15, 0.2) is 0 Å². The third-order valence-electron chi connectivity index (χ3n) is 15.0. The summed E-state index contributed by atoms with van der Waals surface area (Å²) in [6.07, 6.45) is 0. The topological polar surface area (TPSA) is 40.5 Å². The van der Waals surface area contributed by atoms with Gasteiger partial charge < -0.3 is 10.0 Å². The summed E-state index contributed by atoms with van der Waals surface area (Å²) in [4.78, 5) is 0. The normalized spacial score (nSPS) is 11.4. The van der Waals surface area contributed by atoms with Crippen LogP contribution < -0.4 is 5.46 Å². The molecule has 14 aromatic carbocycles. The fraction of sp³-hybridized carbons (Fsp3) is 0. The average molecular weight is 1040 g/mol. The Kier molecular flexibility index (Phi) is 12.4. The number of hydrogen-bond acceptors (Lipinski definition) is 2. The minimum absolute atomic E-state index is 0.530. The summed E-state index contributed by atoms with van der Waals surface area (Å²) in [5.74, 6) is 0. The zero-order valence-corrected chi connectivity index (χ0v) is 43.0. The van der Waals surface area contributed by atoms with Crippen LogP contribution in [0.2, 0.25) is 0 Å². The van der Waals surface area contributed by atoms with Crippen LogP contribution in [0.3, 0.4) is 0 Å².